The molecule has 0 radical (unpaired) electrons. The van der Waals surface area contributed by atoms with Gasteiger partial charge in [-0.1, -0.05) is 29.8 Å². The highest BCUT2D eigenvalue weighted by Crippen LogP contribution is 2.27. The lowest BCUT2D eigenvalue weighted by Crippen LogP contribution is -2.38. The summed E-state index contributed by atoms with van der Waals surface area (Å²) in [7, 11) is 0. The first-order valence-electron chi connectivity index (χ1n) is 10.5. The zero-order valence-corrected chi connectivity index (χ0v) is 18.9. The molecule has 1 aliphatic rings. The SMILES string of the molecule is Cc1nn(C(C)C)c(C)c1CN1CCOC(c2ccc(-c3cccc(Cl)c3)cn2)C1. The van der Waals surface area contributed by atoms with E-state index in [1.807, 2.05) is 30.5 Å². The molecule has 0 amide bonds. The maximum Gasteiger partial charge on any atom is 0.112 e. The number of rotatable bonds is 5. The van der Waals surface area contributed by atoms with Crippen molar-refractivity contribution < 1.29 is 4.74 Å². The second kappa shape index (κ2) is 8.88. The third kappa shape index (κ3) is 4.43. The molecular formula is C24H29ClN4O. The van der Waals surface area contributed by atoms with E-state index in [-0.39, 0.29) is 6.10 Å². The molecule has 1 saturated heterocycles. The molecule has 0 bridgehead atoms. The van der Waals surface area contributed by atoms with Crippen LogP contribution < -0.4 is 0 Å². The number of ether oxygens (including phenoxy) is 1. The monoisotopic (exact) mass is 424 g/mol. The Bertz CT molecular complexity index is 1010. The fourth-order valence-electron chi connectivity index (χ4n) is 4.11. The lowest BCUT2D eigenvalue weighted by molar-refractivity contribution is -0.0351. The molecule has 2 aromatic heterocycles. The third-order valence-corrected chi connectivity index (χ3v) is 6.01. The van der Waals surface area contributed by atoms with Crippen LogP contribution in [-0.2, 0) is 11.3 Å². The molecule has 0 saturated carbocycles. The van der Waals surface area contributed by atoms with Crippen molar-refractivity contribution in [1.29, 1.82) is 0 Å². The third-order valence-electron chi connectivity index (χ3n) is 5.77. The van der Waals surface area contributed by atoms with E-state index in [4.69, 9.17) is 26.4 Å². The number of halogens is 1. The topological polar surface area (TPSA) is 43.2 Å². The van der Waals surface area contributed by atoms with Crippen molar-refractivity contribution in [3.8, 4) is 11.1 Å². The van der Waals surface area contributed by atoms with Gasteiger partial charge < -0.3 is 4.74 Å². The summed E-state index contributed by atoms with van der Waals surface area (Å²) in [6.07, 6.45) is 1.89. The summed E-state index contributed by atoms with van der Waals surface area (Å²) in [5, 5.41) is 5.46. The highest BCUT2D eigenvalue weighted by Gasteiger charge is 2.25. The van der Waals surface area contributed by atoms with Crippen LogP contribution in [0.15, 0.2) is 42.6 Å². The summed E-state index contributed by atoms with van der Waals surface area (Å²) in [6.45, 7) is 12.0. The van der Waals surface area contributed by atoms with Gasteiger partial charge in [-0.2, -0.15) is 5.10 Å². The number of aromatic nitrogens is 3. The Labute approximate surface area is 183 Å². The van der Waals surface area contributed by atoms with E-state index in [0.717, 1.165) is 47.2 Å². The Balaban J connectivity index is 1.47. The number of aryl methyl sites for hydroxylation is 1. The van der Waals surface area contributed by atoms with Gasteiger partial charge in [-0.3, -0.25) is 14.6 Å². The van der Waals surface area contributed by atoms with Crippen LogP contribution in [0.5, 0.6) is 0 Å². The average Bonchev–Trinajstić information content (AvgIpc) is 3.03. The van der Waals surface area contributed by atoms with Gasteiger partial charge in [0.05, 0.1) is 18.0 Å². The minimum Gasteiger partial charge on any atom is -0.369 e. The van der Waals surface area contributed by atoms with E-state index in [2.05, 4.69) is 49.4 Å². The van der Waals surface area contributed by atoms with Crippen LogP contribution in [0, 0.1) is 13.8 Å². The predicted octanol–water partition coefficient (Wildman–Crippen LogP) is 5.37. The summed E-state index contributed by atoms with van der Waals surface area (Å²) in [5.41, 5.74) is 6.80. The number of benzene rings is 1. The Hall–Kier alpha value is -2.21. The molecular weight excluding hydrogens is 396 g/mol. The molecule has 0 aliphatic carbocycles. The summed E-state index contributed by atoms with van der Waals surface area (Å²) < 4.78 is 8.18. The molecule has 1 atom stereocenters. The number of nitrogens with zero attached hydrogens (tertiary/aromatic N) is 4. The van der Waals surface area contributed by atoms with Gasteiger partial charge in [0.1, 0.15) is 6.10 Å². The van der Waals surface area contributed by atoms with Crippen LogP contribution in [0.25, 0.3) is 11.1 Å². The van der Waals surface area contributed by atoms with E-state index in [1.165, 1.54) is 11.3 Å². The quantitative estimate of drug-likeness (QED) is 0.552. The normalized spacial score (nSPS) is 17.6. The fraction of sp³-hybridized carbons (Fsp3) is 0.417. The second-order valence-corrected chi connectivity index (χ2v) is 8.70. The summed E-state index contributed by atoms with van der Waals surface area (Å²) in [6, 6.07) is 12.4. The van der Waals surface area contributed by atoms with Crippen molar-refractivity contribution in [2.75, 3.05) is 19.7 Å². The van der Waals surface area contributed by atoms with Crippen LogP contribution in [0.1, 0.15) is 48.6 Å². The van der Waals surface area contributed by atoms with Crippen molar-refractivity contribution in [3.05, 3.63) is 70.3 Å². The first-order valence-corrected chi connectivity index (χ1v) is 10.9. The Morgan fingerprint density at radius 2 is 2.00 bits per heavy atom. The van der Waals surface area contributed by atoms with Gasteiger partial charge in [-0.05, 0) is 51.5 Å². The number of pyridine rings is 1. The van der Waals surface area contributed by atoms with Gasteiger partial charge in [0.2, 0.25) is 0 Å². The fourth-order valence-corrected chi connectivity index (χ4v) is 4.30. The van der Waals surface area contributed by atoms with Crippen LogP contribution in [0.4, 0.5) is 0 Å². The lowest BCUT2D eigenvalue weighted by Gasteiger charge is -2.32. The Morgan fingerprint density at radius 3 is 2.67 bits per heavy atom. The summed E-state index contributed by atoms with van der Waals surface area (Å²) in [4.78, 5) is 7.15. The molecule has 0 N–H and O–H groups in total. The van der Waals surface area contributed by atoms with Crippen LogP contribution >= 0.6 is 11.6 Å². The van der Waals surface area contributed by atoms with E-state index in [9.17, 15) is 0 Å². The van der Waals surface area contributed by atoms with Gasteiger partial charge in [0.25, 0.3) is 0 Å². The van der Waals surface area contributed by atoms with Crippen molar-refractivity contribution in [2.24, 2.45) is 0 Å². The molecule has 5 nitrogen and oxygen atoms in total. The van der Waals surface area contributed by atoms with E-state index in [1.54, 1.807) is 0 Å². The first kappa shape index (κ1) is 21.0. The number of hydrogen-bond acceptors (Lipinski definition) is 4. The highest BCUT2D eigenvalue weighted by atomic mass is 35.5. The van der Waals surface area contributed by atoms with Gasteiger partial charge in [0.15, 0.2) is 0 Å². The number of morpholine rings is 1. The summed E-state index contributed by atoms with van der Waals surface area (Å²) >= 11 is 6.12. The zero-order valence-electron chi connectivity index (χ0n) is 18.1. The lowest BCUT2D eigenvalue weighted by atomic mass is 10.1. The van der Waals surface area contributed by atoms with Gasteiger partial charge in [0, 0.05) is 53.7 Å². The molecule has 0 spiro atoms. The molecule has 3 aromatic rings. The minimum absolute atomic E-state index is 0.0204. The zero-order chi connectivity index (χ0) is 21.3. The van der Waals surface area contributed by atoms with E-state index < -0.39 is 0 Å². The molecule has 1 unspecified atom stereocenters. The van der Waals surface area contributed by atoms with Gasteiger partial charge in [-0.15, -0.1) is 0 Å². The van der Waals surface area contributed by atoms with Crippen LogP contribution in [0.3, 0.4) is 0 Å². The minimum atomic E-state index is -0.0204. The molecule has 158 valence electrons. The van der Waals surface area contributed by atoms with Gasteiger partial charge >= 0.3 is 0 Å². The van der Waals surface area contributed by atoms with Crippen molar-refractivity contribution >= 4 is 11.6 Å². The Morgan fingerprint density at radius 1 is 1.17 bits per heavy atom. The predicted molar refractivity (Wildman–Crippen MR) is 121 cm³/mol. The van der Waals surface area contributed by atoms with Crippen LogP contribution in [0.2, 0.25) is 5.02 Å². The smallest absolute Gasteiger partial charge is 0.112 e. The molecule has 3 heterocycles. The highest BCUT2D eigenvalue weighted by molar-refractivity contribution is 6.30. The van der Waals surface area contributed by atoms with Crippen LogP contribution in [-0.4, -0.2) is 39.4 Å². The van der Waals surface area contributed by atoms with E-state index >= 15 is 0 Å². The first-order chi connectivity index (χ1) is 14.4. The molecule has 1 aromatic carbocycles. The largest absolute Gasteiger partial charge is 0.369 e. The van der Waals surface area contributed by atoms with Crippen molar-refractivity contribution in [1.82, 2.24) is 19.7 Å². The maximum absolute atomic E-state index is 6.12. The molecule has 30 heavy (non-hydrogen) atoms. The second-order valence-electron chi connectivity index (χ2n) is 8.26. The summed E-state index contributed by atoms with van der Waals surface area (Å²) in [5.74, 6) is 0. The molecule has 6 heteroatoms. The molecule has 1 aliphatic heterocycles. The Kier molecular flexibility index (Phi) is 6.23. The maximum atomic E-state index is 6.12. The molecule has 4 rings (SSSR count). The standard InChI is InChI=1S/C24H29ClN4O/c1-16(2)29-18(4)22(17(3)27-29)14-28-10-11-30-24(15-28)23-9-8-20(13-26-23)19-6-5-7-21(25)12-19/h5-9,12-13,16,24H,10-11,14-15H2,1-4H3. The number of hydrogen-bond donors (Lipinski definition) is 0. The average molecular weight is 425 g/mol. The van der Waals surface area contributed by atoms with E-state index in [0.29, 0.717) is 12.6 Å². The van der Waals surface area contributed by atoms with Crippen molar-refractivity contribution in [3.63, 3.8) is 0 Å². The van der Waals surface area contributed by atoms with Gasteiger partial charge in [-0.25, -0.2) is 0 Å². The molecule has 1 fully saturated rings. The van der Waals surface area contributed by atoms with Crippen molar-refractivity contribution in [2.45, 2.75) is 46.4 Å².